The second kappa shape index (κ2) is 6.18. The van der Waals surface area contributed by atoms with Crippen LogP contribution in [0, 0.1) is 17.8 Å². The molecule has 1 aromatic rings. The molecule has 2 fully saturated rings. The van der Waals surface area contributed by atoms with Gasteiger partial charge in [-0.3, -0.25) is 4.79 Å². The normalized spacial score (nSPS) is 27.9. The second-order valence-electron chi connectivity index (χ2n) is 6.79. The average Bonchev–Trinajstić information content (AvgIpc) is 3.08. The standard InChI is InChI=1S/C16H21BrN2O3S/c1-9(13-7-10-2-3-11(13)6-10)19-16(20)14-8-12(23(18,21)22)4-5-15(14)17/h4-5,8-11,13H,2-3,6-7H2,1H3,(H,19,20)(H2,18,21,22). The van der Waals surface area contributed by atoms with E-state index in [2.05, 4.69) is 21.2 Å². The summed E-state index contributed by atoms with van der Waals surface area (Å²) in [5.41, 5.74) is 0.298. The van der Waals surface area contributed by atoms with E-state index in [0.29, 0.717) is 16.0 Å². The lowest BCUT2D eigenvalue weighted by atomic mass is 9.84. The predicted octanol–water partition coefficient (Wildman–Crippen LogP) is 2.65. The molecule has 0 radical (unpaired) electrons. The number of halogens is 1. The van der Waals surface area contributed by atoms with Gasteiger partial charge in [-0.05, 0) is 78.1 Å². The molecule has 5 nitrogen and oxygen atoms in total. The molecule has 126 valence electrons. The maximum Gasteiger partial charge on any atom is 0.252 e. The molecular formula is C16H21BrN2O3S. The summed E-state index contributed by atoms with van der Waals surface area (Å²) in [4.78, 5) is 12.5. The zero-order chi connectivity index (χ0) is 16.8. The van der Waals surface area contributed by atoms with Crippen molar-refractivity contribution in [3.8, 4) is 0 Å². The molecule has 4 atom stereocenters. The summed E-state index contributed by atoms with van der Waals surface area (Å²) < 4.78 is 23.5. The lowest BCUT2D eigenvalue weighted by Crippen LogP contribution is -2.40. The molecule has 0 spiro atoms. The third kappa shape index (κ3) is 3.46. The van der Waals surface area contributed by atoms with Gasteiger partial charge < -0.3 is 5.32 Å². The first-order valence-electron chi connectivity index (χ1n) is 7.89. The minimum atomic E-state index is -3.83. The van der Waals surface area contributed by atoms with Crippen LogP contribution in [0.4, 0.5) is 0 Å². The third-order valence-corrected chi connectivity index (χ3v) is 6.91. The summed E-state index contributed by atoms with van der Waals surface area (Å²) >= 11 is 3.31. The minimum Gasteiger partial charge on any atom is -0.349 e. The highest BCUT2D eigenvalue weighted by Crippen LogP contribution is 2.49. The van der Waals surface area contributed by atoms with E-state index in [4.69, 9.17) is 5.14 Å². The Labute approximate surface area is 145 Å². The van der Waals surface area contributed by atoms with E-state index >= 15 is 0 Å². The Bertz CT molecular complexity index is 735. The maximum atomic E-state index is 12.5. The van der Waals surface area contributed by atoms with E-state index in [1.807, 2.05) is 6.92 Å². The fraction of sp³-hybridized carbons (Fsp3) is 0.562. The molecule has 4 unspecified atom stereocenters. The van der Waals surface area contributed by atoms with Crippen molar-refractivity contribution in [1.82, 2.24) is 5.32 Å². The van der Waals surface area contributed by atoms with Crippen molar-refractivity contribution >= 4 is 31.9 Å². The molecule has 2 aliphatic rings. The number of primary sulfonamides is 1. The maximum absolute atomic E-state index is 12.5. The van der Waals surface area contributed by atoms with Crippen LogP contribution in [0.2, 0.25) is 0 Å². The first-order valence-corrected chi connectivity index (χ1v) is 10.2. The number of carbonyl (C=O) groups is 1. The van der Waals surface area contributed by atoms with Crippen molar-refractivity contribution in [2.75, 3.05) is 0 Å². The number of nitrogens with one attached hydrogen (secondary N) is 1. The van der Waals surface area contributed by atoms with Crippen molar-refractivity contribution in [3.05, 3.63) is 28.2 Å². The molecule has 2 saturated carbocycles. The van der Waals surface area contributed by atoms with E-state index in [-0.39, 0.29) is 16.8 Å². The van der Waals surface area contributed by atoms with E-state index in [1.54, 1.807) is 0 Å². The third-order valence-electron chi connectivity index (χ3n) is 5.30. The number of amides is 1. The van der Waals surface area contributed by atoms with Crippen molar-refractivity contribution in [1.29, 1.82) is 0 Å². The van der Waals surface area contributed by atoms with Crippen LogP contribution in [-0.2, 0) is 10.0 Å². The van der Waals surface area contributed by atoms with E-state index in [1.165, 1.54) is 43.9 Å². The zero-order valence-corrected chi connectivity index (χ0v) is 15.4. The van der Waals surface area contributed by atoms with E-state index < -0.39 is 10.0 Å². The summed E-state index contributed by atoms with van der Waals surface area (Å²) in [6, 6.07) is 4.33. The van der Waals surface area contributed by atoms with Crippen LogP contribution in [0.3, 0.4) is 0 Å². The van der Waals surface area contributed by atoms with E-state index in [0.717, 1.165) is 11.8 Å². The molecule has 0 heterocycles. The Hall–Kier alpha value is -0.920. The van der Waals surface area contributed by atoms with Crippen LogP contribution >= 0.6 is 15.9 Å². The molecule has 23 heavy (non-hydrogen) atoms. The molecule has 3 N–H and O–H groups in total. The van der Waals surface area contributed by atoms with Gasteiger partial charge in [0, 0.05) is 10.5 Å². The van der Waals surface area contributed by atoms with Gasteiger partial charge in [-0.15, -0.1) is 0 Å². The lowest BCUT2D eigenvalue weighted by Gasteiger charge is -2.28. The van der Waals surface area contributed by atoms with Crippen LogP contribution in [0.1, 0.15) is 43.0 Å². The lowest BCUT2D eigenvalue weighted by molar-refractivity contribution is 0.0914. The van der Waals surface area contributed by atoms with Crippen molar-refractivity contribution in [2.45, 2.75) is 43.5 Å². The van der Waals surface area contributed by atoms with E-state index in [9.17, 15) is 13.2 Å². The molecule has 3 rings (SSSR count). The molecule has 0 saturated heterocycles. The van der Waals surface area contributed by atoms with Crippen molar-refractivity contribution < 1.29 is 13.2 Å². The first-order chi connectivity index (χ1) is 10.8. The van der Waals surface area contributed by atoms with Gasteiger partial charge in [0.15, 0.2) is 0 Å². The van der Waals surface area contributed by atoms with Crippen LogP contribution in [0.25, 0.3) is 0 Å². The topological polar surface area (TPSA) is 89.3 Å². The van der Waals surface area contributed by atoms with Crippen LogP contribution < -0.4 is 10.5 Å². The Balaban J connectivity index is 1.75. The fourth-order valence-electron chi connectivity index (χ4n) is 4.15. The highest BCUT2D eigenvalue weighted by Gasteiger charge is 2.42. The van der Waals surface area contributed by atoms with Crippen molar-refractivity contribution in [3.63, 3.8) is 0 Å². The quantitative estimate of drug-likeness (QED) is 0.813. The summed E-state index contributed by atoms with van der Waals surface area (Å²) in [5, 5.41) is 8.18. The molecule has 1 amide bonds. The van der Waals surface area contributed by atoms with Gasteiger partial charge in [0.25, 0.3) is 5.91 Å². The highest BCUT2D eigenvalue weighted by molar-refractivity contribution is 9.10. The summed E-state index contributed by atoms with van der Waals surface area (Å²) in [6.07, 6.45) is 5.06. The largest absolute Gasteiger partial charge is 0.349 e. The zero-order valence-electron chi connectivity index (χ0n) is 13.0. The number of hydrogen-bond acceptors (Lipinski definition) is 3. The Morgan fingerprint density at radius 1 is 1.35 bits per heavy atom. The Kier molecular flexibility index (Phi) is 4.55. The summed E-state index contributed by atoms with van der Waals surface area (Å²) in [5.74, 6) is 1.80. The van der Waals surface area contributed by atoms with Gasteiger partial charge in [0.1, 0.15) is 0 Å². The minimum absolute atomic E-state index is 0.0570. The average molecular weight is 401 g/mol. The smallest absolute Gasteiger partial charge is 0.252 e. The monoisotopic (exact) mass is 400 g/mol. The molecule has 0 aliphatic heterocycles. The molecule has 2 bridgehead atoms. The molecule has 0 aromatic heterocycles. The molecular weight excluding hydrogens is 380 g/mol. The Morgan fingerprint density at radius 2 is 2.09 bits per heavy atom. The van der Waals surface area contributed by atoms with Crippen LogP contribution in [0.5, 0.6) is 0 Å². The summed E-state index contributed by atoms with van der Waals surface area (Å²) in [6.45, 7) is 2.04. The highest BCUT2D eigenvalue weighted by atomic mass is 79.9. The van der Waals surface area contributed by atoms with Crippen LogP contribution in [-0.4, -0.2) is 20.4 Å². The number of benzene rings is 1. The number of hydrogen-bond donors (Lipinski definition) is 2. The summed E-state index contributed by atoms with van der Waals surface area (Å²) in [7, 11) is -3.83. The number of fused-ring (bicyclic) bond motifs is 2. The van der Waals surface area contributed by atoms with Gasteiger partial charge in [0.05, 0.1) is 10.5 Å². The van der Waals surface area contributed by atoms with Gasteiger partial charge in [-0.25, -0.2) is 13.6 Å². The molecule has 7 heteroatoms. The van der Waals surface area contributed by atoms with Crippen molar-refractivity contribution in [2.24, 2.45) is 22.9 Å². The Morgan fingerprint density at radius 3 is 2.65 bits per heavy atom. The molecule has 2 aliphatic carbocycles. The van der Waals surface area contributed by atoms with Gasteiger partial charge in [-0.1, -0.05) is 6.42 Å². The number of nitrogens with two attached hydrogens (primary N) is 1. The SMILES string of the molecule is CC(NC(=O)c1cc(S(N)(=O)=O)ccc1Br)C1CC2CCC1C2. The predicted molar refractivity (Wildman–Crippen MR) is 91.4 cm³/mol. The molecule has 1 aromatic carbocycles. The van der Waals surface area contributed by atoms with Gasteiger partial charge in [0.2, 0.25) is 10.0 Å². The van der Waals surface area contributed by atoms with Gasteiger partial charge in [-0.2, -0.15) is 0 Å². The van der Waals surface area contributed by atoms with Crippen LogP contribution in [0.15, 0.2) is 27.6 Å². The number of rotatable bonds is 4. The first kappa shape index (κ1) is 16.9. The van der Waals surface area contributed by atoms with Gasteiger partial charge >= 0.3 is 0 Å². The fourth-order valence-corrected chi connectivity index (χ4v) is 5.12. The second-order valence-corrected chi connectivity index (χ2v) is 9.20. The number of sulfonamides is 1. The number of carbonyl (C=O) groups excluding carboxylic acids is 1.